The van der Waals surface area contributed by atoms with Gasteiger partial charge in [-0.25, -0.2) is 4.98 Å². The number of likely N-dealkylation sites (tertiary alicyclic amines) is 1. The van der Waals surface area contributed by atoms with Crippen molar-refractivity contribution in [3.05, 3.63) is 22.4 Å². The van der Waals surface area contributed by atoms with Gasteiger partial charge in [0.2, 0.25) is 5.91 Å². The lowest BCUT2D eigenvalue weighted by atomic mass is 9.81. The number of hydrogen-bond acceptors (Lipinski definition) is 5. The van der Waals surface area contributed by atoms with Crippen molar-refractivity contribution in [2.24, 2.45) is 5.92 Å². The Balaban J connectivity index is 1.97. The molecule has 1 fully saturated rings. The summed E-state index contributed by atoms with van der Waals surface area (Å²) < 4.78 is 0. The van der Waals surface area contributed by atoms with Crippen molar-refractivity contribution in [1.29, 1.82) is 5.26 Å². The van der Waals surface area contributed by atoms with E-state index >= 15 is 0 Å². The van der Waals surface area contributed by atoms with Gasteiger partial charge >= 0.3 is 0 Å². The highest BCUT2D eigenvalue weighted by Gasteiger charge is 2.32. The fourth-order valence-corrected chi connectivity index (χ4v) is 4.43. The third-order valence-electron chi connectivity index (χ3n) is 6.01. The molecule has 2 N–H and O–H groups in total. The van der Waals surface area contributed by atoms with Gasteiger partial charge in [0, 0.05) is 37.2 Å². The van der Waals surface area contributed by atoms with Crippen LogP contribution < -0.4 is 5.73 Å². The maximum Gasteiger partial charge on any atom is 0.225 e. The fraction of sp³-hybridized carbons (Fsp3) is 0.667. The van der Waals surface area contributed by atoms with E-state index in [9.17, 15) is 10.1 Å². The van der Waals surface area contributed by atoms with Gasteiger partial charge in [-0.2, -0.15) is 5.26 Å². The minimum Gasteiger partial charge on any atom is -0.383 e. The van der Waals surface area contributed by atoms with Gasteiger partial charge in [-0.05, 0) is 56.8 Å². The number of nitrogen functional groups attached to an aromatic ring is 1. The highest BCUT2D eigenvalue weighted by molar-refractivity contribution is 5.78. The number of carbonyl (C=O) groups is 1. The number of nitrogens with two attached hydrogens (primary N) is 1. The molecule has 6 heteroatoms. The molecule has 0 radical (unpaired) electrons. The topological polar surface area (TPSA) is 86.2 Å². The first-order chi connectivity index (χ1) is 12.8. The van der Waals surface area contributed by atoms with Crippen molar-refractivity contribution in [2.75, 3.05) is 25.4 Å². The van der Waals surface area contributed by atoms with Gasteiger partial charge in [0.05, 0.1) is 5.56 Å². The Hall–Kier alpha value is -2.13. The average molecular weight is 370 g/mol. The predicted molar refractivity (Wildman–Crippen MR) is 106 cm³/mol. The van der Waals surface area contributed by atoms with Crippen LogP contribution in [0.1, 0.15) is 68.8 Å². The SMILES string of the molecule is CC(C)C(=O)N1CCc2nc(N)c(C#N)c(C3CCN(C(C)C)CC3)c2C1. The van der Waals surface area contributed by atoms with Crippen LogP contribution in [-0.2, 0) is 17.8 Å². The van der Waals surface area contributed by atoms with Crippen molar-refractivity contribution in [3.8, 4) is 6.07 Å². The Labute approximate surface area is 162 Å². The predicted octanol–water partition coefficient (Wildman–Crippen LogP) is 2.66. The average Bonchev–Trinajstić information content (AvgIpc) is 2.66. The normalized spacial score (nSPS) is 18.6. The van der Waals surface area contributed by atoms with Gasteiger partial charge in [-0.15, -0.1) is 0 Å². The summed E-state index contributed by atoms with van der Waals surface area (Å²) in [7, 11) is 0. The molecule has 0 bridgehead atoms. The maximum atomic E-state index is 12.5. The van der Waals surface area contributed by atoms with Gasteiger partial charge in [-0.3, -0.25) is 4.79 Å². The Morgan fingerprint density at radius 3 is 2.44 bits per heavy atom. The van der Waals surface area contributed by atoms with Gasteiger partial charge in [0.25, 0.3) is 0 Å². The molecule has 2 aliphatic rings. The summed E-state index contributed by atoms with van der Waals surface area (Å²) >= 11 is 0. The molecule has 6 nitrogen and oxygen atoms in total. The standard InChI is InChI=1S/C21H31N5O/c1-13(2)21(27)26-10-7-18-17(12-26)19(16(11-22)20(23)24-18)15-5-8-25(9-6-15)14(3)4/h13-15H,5-10,12H2,1-4H3,(H2,23,24). The molecule has 3 rings (SSSR count). The number of fused-ring (bicyclic) bond motifs is 1. The van der Waals surface area contributed by atoms with Crippen LogP contribution in [0.4, 0.5) is 5.82 Å². The minimum absolute atomic E-state index is 0.0264. The lowest BCUT2D eigenvalue weighted by Crippen LogP contribution is -2.41. The minimum atomic E-state index is -0.0264. The Morgan fingerprint density at radius 2 is 1.89 bits per heavy atom. The number of nitrogens with zero attached hydrogens (tertiary/aromatic N) is 4. The monoisotopic (exact) mass is 369 g/mol. The number of nitriles is 1. The number of anilines is 1. The van der Waals surface area contributed by atoms with E-state index in [1.54, 1.807) is 0 Å². The first-order valence-electron chi connectivity index (χ1n) is 10.1. The van der Waals surface area contributed by atoms with Crippen LogP contribution in [0.3, 0.4) is 0 Å². The molecule has 3 heterocycles. The van der Waals surface area contributed by atoms with Gasteiger partial charge in [-0.1, -0.05) is 13.8 Å². The summed E-state index contributed by atoms with van der Waals surface area (Å²) in [4.78, 5) is 21.5. The largest absolute Gasteiger partial charge is 0.383 e. The maximum absolute atomic E-state index is 12.5. The van der Waals surface area contributed by atoms with Gasteiger partial charge in [0.1, 0.15) is 11.9 Å². The lowest BCUT2D eigenvalue weighted by Gasteiger charge is -2.38. The summed E-state index contributed by atoms with van der Waals surface area (Å²) in [6, 6.07) is 2.85. The number of rotatable bonds is 3. The second kappa shape index (κ2) is 7.85. The quantitative estimate of drug-likeness (QED) is 0.885. The Bertz CT molecular complexity index is 757. The molecule has 0 atom stereocenters. The second-order valence-corrected chi connectivity index (χ2v) is 8.39. The zero-order chi connectivity index (χ0) is 19.7. The van der Waals surface area contributed by atoms with Crippen LogP contribution in [-0.4, -0.2) is 46.4 Å². The highest BCUT2D eigenvalue weighted by atomic mass is 16.2. The zero-order valence-corrected chi connectivity index (χ0v) is 17.0. The van der Waals surface area contributed by atoms with E-state index in [1.165, 1.54) is 0 Å². The van der Waals surface area contributed by atoms with E-state index in [2.05, 4.69) is 29.8 Å². The molecule has 1 aromatic rings. The molecule has 146 valence electrons. The zero-order valence-electron chi connectivity index (χ0n) is 17.0. The molecule has 1 aromatic heterocycles. The molecule has 1 amide bonds. The highest BCUT2D eigenvalue weighted by Crippen LogP contribution is 2.38. The molecule has 27 heavy (non-hydrogen) atoms. The van der Waals surface area contributed by atoms with E-state index in [0.717, 1.165) is 42.8 Å². The van der Waals surface area contributed by atoms with Crippen LogP contribution in [0.5, 0.6) is 0 Å². The van der Waals surface area contributed by atoms with Gasteiger partial charge < -0.3 is 15.5 Å². The lowest BCUT2D eigenvalue weighted by molar-refractivity contribution is -0.135. The Kier molecular flexibility index (Phi) is 5.71. The number of carbonyl (C=O) groups excluding carboxylic acids is 1. The van der Waals surface area contributed by atoms with Crippen molar-refractivity contribution in [2.45, 2.75) is 65.5 Å². The third kappa shape index (κ3) is 3.79. The summed E-state index contributed by atoms with van der Waals surface area (Å²) in [5.41, 5.74) is 9.79. The van der Waals surface area contributed by atoms with Crippen LogP contribution in [0, 0.1) is 17.2 Å². The summed E-state index contributed by atoms with van der Waals surface area (Å²) in [5.74, 6) is 0.794. The summed E-state index contributed by atoms with van der Waals surface area (Å²) in [5, 5.41) is 9.77. The number of amides is 1. The van der Waals surface area contributed by atoms with Crippen molar-refractivity contribution < 1.29 is 4.79 Å². The second-order valence-electron chi connectivity index (χ2n) is 8.39. The molecule has 0 unspecified atom stereocenters. The number of piperidine rings is 1. The number of pyridine rings is 1. The van der Waals surface area contributed by atoms with E-state index in [-0.39, 0.29) is 11.8 Å². The molecular weight excluding hydrogens is 338 g/mol. The fourth-order valence-electron chi connectivity index (χ4n) is 4.43. The first kappa shape index (κ1) is 19.6. The van der Waals surface area contributed by atoms with Crippen LogP contribution in [0.15, 0.2) is 0 Å². The van der Waals surface area contributed by atoms with E-state index in [4.69, 9.17) is 5.73 Å². The molecular formula is C21H31N5O. The van der Waals surface area contributed by atoms with Crippen LogP contribution in [0.25, 0.3) is 0 Å². The summed E-state index contributed by atoms with van der Waals surface area (Å²) in [6.07, 6.45) is 2.74. The first-order valence-corrected chi connectivity index (χ1v) is 10.1. The van der Waals surface area contributed by atoms with E-state index in [1.807, 2.05) is 18.7 Å². The molecule has 1 saturated heterocycles. The van der Waals surface area contributed by atoms with E-state index < -0.39 is 0 Å². The van der Waals surface area contributed by atoms with Crippen LogP contribution in [0.2, 0.25) is 0 Å². The summed E-state index contributed by atoms with van der Waals surface area (Å²) in [6.45, 7) is 11.6. The van der Waals surface area contributed by atoms with Crippen molar-refractivity contribution >= 4 is 11.7 Å². The molecule has 2 aliphatic heterocycles. The number of aromatic nitrogens is 1. The molecule has 0 aromatic carbocycles. The Morgan fingerprint density at radius 1 is 1.22 bits per heavy atom. The molecule has 0 spiro atoms. The number of hydrogen-bond donors (Lipinski definition) is 1. The smallest absolute Gasteiger partial charge is 0.225 e. The van der Waals surface area contributed by atoms with Crippen molar-refractivity contribution in [1.82, 2.24) is 14.8 Å². The molecule has 0 saturated carbocycles. The third-order valence-corrected chi connectivity index (χ3v) is 6.01. The van der Waals surface area contributed by atoms with Crippen LogP contribution >= 0.6 is 0 Å². The van der Waals surface area contributed by atoms with Gasteiger partial charge in [0.15, 0.2) is 0 Å². The van der Waals surface area contributed by atoms with Crippen molar-refractivity contribution in [3.63, 3.8) is 0 Å². The van der Waals surface area contributed by atoms with E-state index in [0.29, 0.717) is 42.9 Å². The molecule has 0 aliphatic carbocycles.